The molecule has 3 amide bonds. The molecule has 180 valence electrons. The van der Waals surface area contributed by atoms with Gasteiger partial charge in [0.2, 0.25) is 0 Å². The van der Waals surface area contributed by atoms with Crippen LogP contribution in [0.2, 0.25) is 5.02 Å². The second-order valence-electron chi connectivity index (χ2n) is 7.52. The molecule has 1 aromatic carbocycles. The number of carbonyl (C=O) groups excluding carboxylic acids is 3. The maximum atomic E-state index is 12.6. The van der Waals surface area contributed by atoms with Gasteiger partial charge in [0.15, 0.2) is 11.5 Å². The molecule has 2 aromatic heterocycles. The van der Waals surface area contributed by atoms with Crippen molar-refractivity contribution in [1.29, 1.82) is 0 Å². The molecule has 0 radical (unpaired) electrons. The molecular weight excluding hydrogens is 482 g/mol. The second-order valence-corrected chi connectivity index (χ2v) is 7.92. The molecule has 13 heteroatoms. The Morgan fingerprint density at radius 1 is 1.11 bits per heavy atom. The highest BCUT2D eigenvalue weighted by Crippen LogP contribution is 2.30. The van der Waals surface area contributed by atoms with Crippen molar-refractivity contribution in [3.8, 4) is 0 Å². The lowest BCUT2D eigenvalue weighted by Crippen LogP contribution is -2.41. The zero-order valence-electron chi connectivity index (χ0n) is 18.2. The van der Waals surface area contributed by atoms with Crippen LogP contribution in [0.15, 0.2) is 50.5 Å². The van der Waals surface area contributed by atoms with Crippen molar-refractivity contribution in [2.24, 2.45) is 5.10 Å². The molecular formula is C22H18ClN5O7. The van der Waals surface area contributed by atoms with E-state index in [1.54, 1.807) is 6.92 Å². The van der Waals surface area contributed by atoms with Gasteiger partial charge in [0, 0.05) is 29.2 Å². The highest BCUT2D eigenvalue weighted by atomic mass is 35.5. The molecule has 0 spiro atoms. The first-order valence-electron chi connectivity index (χ1n) is 10.3. The molecule has 2 heterocycles. The molecule has 0 unspecified atom stereocenters. The molecule has 35 heavy (non-hydrogen) atoms. The van der Waals surface area contributed by atoms with Crippen molar-refractivity contribution in [3.05, 3.63) is 85.7 Å². The van der Waals surface area contributed by atoms with Gasteiger partial charge in [0.05, 0.1) is 16.9 Å². The van der Waals surface area contributed by atoms with Crippen LogP contribution in [0.1, 0.15) is 61.2 Å². The monoisotopic (exact) mass is 499 g/mol. The largest absolute Gasteiger partial charge is 0.459 e. The minimum atomic E-state index is -0.684. The van der Waals surface area contributed by atoms with Crippen LogP contribution in [0.25, 0.3) is 0 Å². The Hall–Kier alpha value is -4.45. The third-order valence-electron chi connectivity index (χ3n) is 5.26. The van der Waals surface area contributed by atoms with Gasteiger partial charge in [-0.1, -0.05) is 11.6 Å². The van der Waals surface area contributed by atoms with E-state index in [1.165, 1.54) is 30.5 Å². The summed E-state index contributed by atoms with van der Waals surface area (Å²) in [5, 5.41) is 15.2. The molecule has 12 nitrogen and oxygen atoms in total. The van der Waals surface area contributed by atoms with Crippen molar-refractivity contribution >= 4 is 40.7 Å². The number of halogens is 1. The lowest BCUT2D eigenvalue weighted by atomic mass is 9.93. The van der Waals surface area contributed by atoms with Gasteiger partial charge in [0.1, 0.15) is 10.8 Å². The number of nitrogens with zero attached hydrogens (tertiary/aromatic N) is 2. The predicted molar refractivity (Wildman–Crippen MR) is 122 cm³/mol. The van der Waals surface area contributed by atoms with Crippen LogP contribution in [0, 0.1) is 17.0 Å². The van der Waals surface area contributed by atoms with Crippen LogP contribution < -0.4 is 16.3 Å². The number of hydrogen-bond donors (Lipinski definition) is 3. The summed E-state index contributed by atoms with van der Waals surface area (Å²) in [5.74, 6) is -1.44. The number of nitro benzene ring substituents is 1. The van der Waals surface area contributed by atoms with Crippen molar-refractivity contribution in [3.63, 3.8) is 0 Å². The first-order chi connectivity index (χ1) is 16.8. The van der Waals surface area contributed by atoms with E-state index in [0.717, 1.165) is 6.07 Å². The molecule has 0 saturated carbocycles. The van der Waals surface area contributed by atoms with Crippen molar-refractivity contribution in [2.75, 3.05) is 0 Å². The van der Waals surface area contributed by atoms with Crippen LogP contribution in [-0.2, 0) is 6.42 Å². The Labute approximate surface area is 202 Å². The fourth-order valence-electron chi connectivity index (χ4n) is 3.61. The summed E-state index contributed by atoms with van der Waals surface area (Å²) >= 11 is 5.79. The Bertz CT molecular complexity index is 1360. The first-order valence-corrected chi connectivity index (χ1v) is 10.7. The number of nitrogens with one attached hydrogen (secondary N) is 3. The maximum absolute atomic E-state index is 12.6. The van der Waals surface area contributed by atoms with Gasteiger partial charge in [-0.15, -0.1) is 0 Å². The van der Waals surface area contributed by atoms with E-state index in [2.05, 4.69) is 21.4 Å². The number of benzene rings is 1. The lowest BCUT2D eigenvalue weighted by Gasteiger charge is -2.13. The second kappa shape index (κ2) is 9.81. The third kappa shape index (κ3) is 4.92. The Balaban J connectivity index is 1.50. The smallest absolute Gasteiger partial charge is 0.305 e. The molecule has 3 N–H and O–H groups in total. The van der Waals surface area contributed by atoms with E-state index in [0.29, 0.717) is 41.9 Å². The number of amides is 3. The van der Waals surface area contributed by atoms with Gasteiger partial charge < -0.3 is 8.83 Å². The van der Waals surface area contributed by atoms with Crippen molar-refractivity contribution in [1.82, 2.24) is 16.3 Å². The van der Waals surface area contributed by atoms with Crippen LogP contribution in [0.5, 0.6) is 0 Å². The number of carbonyl (C=O) groups is 3. The molecule has 0 aliphatic heterocycles. The number of fused-ring (bicyclic) bond motifs is 1. The number of hydrazone groups is 1. The number of aryl methyl sites for hydroxylation is 1. The molecule has 0 saturated heterocycles. The van der Waals surface area contributed by atoms with Gasteiger partial charge in [-0.05, 0) is 44.0 Å². The van der Waals surface area contributed by atoms with Gasteiger partial charge in [-0.2, -0.15) is 5.10 Å². The van der Waals surface area contributed by atoms with E-state index in [1.807, 2.05) is 0 Å². The minimum absolute atomic E-state index is 0.0102. The summed E-state index contributed by atoms with van der Waals surface area (Å²) in [4.78, 5) is 47.5. The molecule has 1 aliphatic carbocycles. The first kappa shape index (κ1) is 23.7. The number of rotatable bonds is 5. The fraction of sp³-hybridized carbons (Fsp3) is 0.182. The third-order valence-corrected chi connectivity index (χ3v) is 5.58. The molecule has 0 bridgehead atoms. The molecule has 0 atom stereocenters. The minimum Gasteiger partial charge on any atom is -0.459 e. The van der Waals surface area contributed by atoms with Crippen molar-refractivity contribution < 1.29 is 28.1 Å². The summed E-state index contributed by atoms with van der Waals surface area (Å²) in [6.45, 7) is 1.66. The molecule has 0 fully saturated rings. The normalized spacial score (nSPS) is 13.7. The van der Waals surface area contributed by atoms with Crippen molar-refractivity contribution in [2.45, 2.75) is 26.2 Å². The Kier molecular flexibility index (Phi) is 6.64. The quantitative estimate of drug-likeness (QED) is 0.357. The molecule has 4 rings (SSSR count). The molecule has 3 aromatic rings. The standard InChI is InChI=1S/C22H18ClN5O7/c1-11-18-14(24-25-20(29)12-7-8-13(23)15(10-12)28(32)33)4-2-5-16(18)35-19(11)22(31)27-26-21(30)17-6-3-9-34-17/h3,6-10H,2,4-5H2,1H3,(H,25,29)(H,26,30)(H,27,31)/b24-14+. The topological polar surface area (TPSA) is 169 Å². The van der Waals surface area contributed by atoms with Gasteiger partial charge >= 0.3 is 11.8 Å². The summed E-state index contributed by atoms with van der Waals surface area (Å²) in [7, 11) is 0. The number of nitro groups is 1. The Morgan fingerprint density at radius 2 is 1.89 bits per heavy atom. The number of hydrogen-bond acceptors (Lipinski definition) is 8. The number of furan rings is 2. The van der Waals surface area contributed by atoms with Crippen LogP contribution >= 0.6 is 11.6 Å². The average molecular weight is 500 g/mol. The zero-order chi connectivity index (χ0) is 25.1. The SMILES string of the molecule is Cc1c(C(=O)NNC(=O)c2ccco2)oc2c1/C(=N/NC(=O)c1ccc(Cl)c([N+](=O)[O-])c1)CCC2. The van der Waals surface area contributed by atoms with Gasteiger partial charge in [-0.3, -0.25) is 35.3 Å². The zero-order valence-corrected chi connectivity index (χ0v) is 19.0. The van der Waals surface area contributed by atoms with E-state index in [9.17, 15) is 24.5 Å². The van der Waals surface area contributed by atoms with E-state index < -0.39 is 28.3 Å². The van der Waals surface area contributed by atoms with Gasteiger partial charge in [0.25, 0.3) is 11.6 Å². The predicted octanol–water partition coefficient (Wildman–Crippen LogP) is 3.29. The highest BCUT2D eigenvalue weighted by Gasteiger charge is 2.28. The fourth-order valence-corrected chi connectivity index (χ4v) is 3.80. The highest BCUT2D eigenvalue weighted by molar-refractivity contribution is 6.32. The van der Waals surface area contributed by atoms with Crippen LogP contribution in [0.4, 0.5) is 5.69 Å². The van der Waals surface area contributed by atoms with E-state index in [4.69, 9.17) is 20.4 Å². The molecule has 1 aliphatic rings. The summed E-state index contributed by atoms with van der Waals surface area (Å²) < 4.78 is 10.7. The summed E-state index contributed by atoms with van der Waals surface area (Å²) in [6, 6.07) is 6.65. The summed E-state index contributed by atoms with van der Waals surface area (Å²) in [5.41, 5.74) is 8.08. The van der Waals surface area contributed by atoms with Gasteiger partial charge in [-0.25, -0.2) is 5.43 Å². The summed E-state index contributed by atoms with van der Waals surface area (Å²) in [6.07, 6.45) is 3.05. The number of hydrazine groups is 1. The maximum Gasteiger partial charge on any atom is 0.305 e. The lowest BCUT2D eigenvalue weighted by molar-refractivity contribution is -0.384. The van der Waals surface area contributed by atoms with E-state index >= 15 is 0 Å². The average Bonchev–Trinajstić information content (AvgIpc) is 3.50. The van der Waals surface area contributed by atoms with Crippen LogP contribution in [-0.4, -0.2) is 28.4 Å². The van der Waals surface area contributed by atoms with E-state index in [-0.39, 0.29) is 22.1 Å². The van der Waals surface area contributed by atoms with Crippen LogP contribution in [0.3, 0.4) is 0 Å². The Morgan fingerprint density at radius 3 is 2.60 bits per heavy atom.